The Labute approximate surface area is 84.8 Å². The highest BCUT2D eigenvalue weighted by Crippen LogP contribution is 2.27. The molecule has 2 aromatic rings. The third-order valence-electron chi connectivity index (χ3n) is 2.12. The Morgan fingerprint density at radius 3 is 2.92 bits per heavy atom. The summed E-state index contributed by atoms with van der Waals surface area (Å²) in [5.74, 6) is 0. The van der Waals surface area contributed by atoms with Crippen molar-refractivity contribution in [3.63, 3.8) is 0 Å². The topological polar surface area (TPSA) is 39.2 Å². The molecule has 0 aliphatic carbocycles. The van der Waals surface area contributed by atoms with Crippen LogP contribution in [0.15, 0.2) is 27.3 Å². The van der Waals surface area contributed by atoms with Gasteiger partial charge in [-0.15, -0.1) is 0 Å². The normalized spacial score (nSPS) is 11.0. The van der Waals surface area contributed by atoms with Gasteiger partial charge in [0.05, 0.1) is 6.26 Å². The first-order valence-corrected chi connectivity index (χ1v) is 4.88. The summed E-state index contributed by atoms with van der Waals surface area (Å²) in [6.07, 6.45) is 1.73. The maximum Gasteiger partial charge on any atom is 0.137 e. The fourth-order valence-electron chi connectivity index (χ4n) is 1.48. The van der Waals surface area contributed by atoms with Gasteiger partial charge in [0.1, 0.15) is 5.58 Å². The van der Waals surface area contributed by atoms with E-state index in [1.54, 1.807) is 6.26 Å². The van der Waals surface area contributed by atoms with Crippen molar-refractivity contribution in [2.75, 3.05) is 0 Å². The number of hydrogen-bond donors (Lipinski definition) is 1. The highest BCUT2D eigenvalue weighted by Gasteiger charge is 2.07. The summed E-state index contributed by atoms with van der Waals surface area (Å²) in [7, 11) is 0. The van der Waals surface area contributed by atoms with Crippen LogP contribution >= 0.6 is 15.9 Å². The molecular formula is C10H10BrNO. The number of benzene rings is 1. The molecule has 2 N–H and O–H groups in total. The lowest BCUT2D eigenvalue weighted by Gasteiger charge is -1.97. The molecule has 0 saturated heterocycles. The molecule has 1 aromatic carbocycles. The third kappa shape index (κ3) is 1.38. The van der Waals surface area contributed by atoms with Gasteiger partial charge in [0, 0.05) is 22.0 Å². The maximum atomic E-state index is 5.59. The van der Waals surface area contributed by atoms with Gasteiger partial charge in [-0.1, -0.05) is 15.9 Å². The lowest BCUT2D eigenvalue weighted by molar-refractivity contribution is 0.608. The van der Waals surface area contributed by atoms with Crippen LogP contribution in [-0.4, -0.2) is 0 Å². The van der Waals surface area contributed by atoms with Crippen molar-refractivity contribution in [1.82, 2.24) is 0 Å². The summed E-state index contributed by atoms with van der Waals surface area (Å²) < 4.78 is 6.49. The van der Waals surface area contributed by atoms with Crippen molar-refractivity contribution >= 4 is 26.9 Å². The van der Waals surface area contributed by atoms with Crippen molar-refractivity contribution < 1.29 is 4.42 Å². The molecule has 0 atom stereocenters. The van der Waals surface area contributed by atoms with E-state index in [2.05, 4.69) is 15.9 Å². The Kier molecular flexibility index (Phi) is 2.14. The van der Waals surface area contributed by atoms with Gasteiger partial charge in [-0.25, -0.2) is 0 Å². The minimum absolute atomic E-state index is 0.517. The summed E-state index contributed by atoms with van der Waals surface area (Å²) in [5, 5.41) is 1.11. The smallest absolute Gasteiger partial charge is 0.137 e. The molecule has 0 bridgehead atoms. The minimum atomic E-state index is 0.517. The maximum absolute atomic E-state index is 5.59. The Morgan fingerprint density at radius 2 is 2.23 bits per heavy atom. The zero-order valence-electron chi connectivity index (χ0n) is 7.30. The summed E-state index contributed by atoms with van der Waals surface area (Å²) in [4.78, 5) is 0. The van der Waals surface area contributed by atoms with Gasteiger partial charge >= 0.3 is 0 Å². The van der Waals surface area contributed by atoms with Crippen LogP contribution in [-0.2, 0) is 6.54 Å². The predicted molar refractivity (Wildman–Crippen MR) is 56.5 cm³/mol. The van der Waals surface area contributed by atoms with Crippen molar-refractivity contribution in [1.29, 1.82) is 0 Å². The zero-order chi connectivity index (χ0) is 9.42. The lowest BCUT2D eigenvalue weighted by Crippen LogP contribution is -1.94. The monoisotopic (exact) mass is 239 g/mol. The van der Waals surface area contributed by atoms with E-state index >= 15 is 0 Å². The van der Waals surface area contributed by atoms with E-state index in [0.29, 0.717) is 6.54 Å². The molecule has 2 nitrogen and oxygen atoms in total. The minimum Gasteiger partial charge on any atom is -0.464 e. The van der Waals surface area contributed by atoms with Crippen LogP contribution in [0.4, 0.5) is 0 Å². The average Bonchev–Trinajstić information content (AvgIpc) is 2.47. The molecule has 0 aliphatic heterocycles. The van der Waals surface area contributed by atoms with Crippen LogP contribution in [0.2, 0.25) is 0 Å². The molecule has 2 rings (SSSR count). The zero-order valence-corrected chi connectivity index (χ0v) is 8.89. The molecule has 3 heteroatoms. The van der Waals surface area contributed by atoms with Crippen molar-refractivity contribution in [2.24, 2.45) is 5.73 Å². The predicted octanol–water partition coefficient (Wildman–Crippen LogP) is 2.96. The largest absolute Gasteiger partial charge is 0.464 e. The van der Waals surface area contributed by atoms with Crippen molar-refractivity contribution in [3.8, 4) is 0 Å². The van der Waals surface area contributed by atoms with E-state index < -0.39 is 0 Å². The van der Waals surface area contributed by atoms with Crippen molar-refractivity contribution in [2.45, 2.75) is 13.5 Å². The molecule has 68 valence electrons. The molecule has 1 heterocycles. The fraction of sp³-hybridized carbons (Fsp3) is 0.200. The van der Waals surface area contributed by atoms with Gasteiger partial charge in [-0.2, -0.15) is 0 Å². The van der Waals surface area contributed by atoms with Gasteiger partial charge in [0.15, 0.2) is 0 Å². The van der Waals surface area contributed by atoms with E-state index in [1.807, 2.05) is 19.1 Å². The number of rotatable bonds is 1. The molecule has 1 aromatic heterocycles. The third-order valence-corrected chi connectivity index (χ3v) is 2.58. The number of nitrogens with two attached hydrogens (primary N) is 1. The van der Waals surface area contributed by atoms with Crippen LogP contribution in [0, 0.1) is 6.92 Å². The van der Waals surface area contributed by atoms with Gasteiger partial charge in [-0.05, 0) is 24.6 Å². The summed E-state index contributed by atoms with van der Waals surface area (Å²) >= 11 is 3.45. The van der Waals surface area contributed by atoms with Gasteiger partial charge < -0.3 is 10.2 Å². The Morgan fingerprint density at radius 1 is 1.46 bits per heavy atom. The molecule has 13 heavy (non-hydrogen) atoms. The van der Waals surface area contributed by atoms with E-state index in [-0.39, 0.29) is 0 Å². The van der Waals surface area contributed by atoms with Gasteiger partial charge in [-0.3, -0.25) is 0 Å². The van der Waals surface area contributed by atoms with Crippen LogP contribution in [0.3, 0.4) is 0 Å². The number of fused-ring (bicyclic) bond motifs is 1. The van der Waals surface area contributed by atoms with Crippen LogP contribution in [0.1, 0.15) is 11.1 Å². The Hall–Kier alpha value is -0.800. The second kappa shape index (κ2) is 3.16. The molecule has 0 radical (unpaired) electrons. The van der Waals surface area contributed by atoms with Crippen LogP contribution < -0.4 is 5.73 Å². The number of halogens is 1. The lowest BCUT2D eigenvalue weighted by atomic mass is 10.1. The molecule has 0 unspecified atom stereocenters. The first kappa shape index (κ1) is 8.78. The fourth-order valence-corrected chi connectivity index (χ4v) is 2.05. The number of hydrogen-bond acceptors (Lipinski definition) is 2. The van der Waals surface area contributed by atoms with E-state index in [4.69, 9.17) is 10.2 Å². The van der Waals surface area contributed by atoms with E-state index in [1.165, 1.54) is 0 Å². The quantitative estimate of drug-likeness (QED) is 0.832. The number of aryl methyl sites for hydroxylation is 1. The highest BCUT2D eigenvalue weighted by atomic mass is 79.9. The van der Waals surface area contributed by atoms with Crippen LogP contribution in [0.5, 0.6) is 0 Å². The second-order valence-corrected chi connectivity index (χ2v) is 3.98. The standard InChI is InChI=1S/C10H10BrNO/c1-6-2-8(11)3-9-7(4-12)5-13-10(6)9/h2-3,5H,4,12H2,1H3. The summed E-state index contributed by atoms with van der Waals surface area (Å²) in [6, 6.07) is 4.07. The SMILES string of the molecule is Cc1cc(Br)cc2c(CN)coc12. The van der Waals surface area contributed by atoms with Gasteiger partial charge in [0.2, 0.25) is 0 Å². The molecule has 0 amide bonds. The Bertz CT molecular complexity index is 447. The summed E-state index contributed by atoms with van der Waals surface area (Å²) in [5.41, 5.74) is 8.70. The molecule has 0 saturated carbocycles. The second-order valence-electron chi connectivity index (χ2n) is 3.06. The van der Waals surface area contributed by atoms with Gasteiger partial charge in [0.25, 0.3) is 0 Å². The number of furan rings is 1. The molecular weight excluding hydrogens is 230 g/mol. The molecule has 0 spiro atoms. The first-order chi connectivity index (χ1) is 6.22. The van der Waals surface area contributed by atoms with Crippen molar-refractivity contribution in [3.05, 3.63) is 34.0 Å². The van der Waals surface area contributed by atoms with Crippen LogP contribution in [0.25, 0.3) is 11.0 Å². The van der Waals surface area contributed by atoms with E-state index in [9.17, 15) is 0 Å². The summed E-state index contributed by atoms with van der Waals surface area (Å²) in [6.45, 7) is 2.54. The molecule has 0 aliphatic rings. The van der Waals surface area contributed by atoms with E-state index in [0.717, 1.165) is 26.6 Å². The first-order valence-electron chi connectivity index (χ1n) is 4.08. The molecule has 0 fully saturated rings. The average molecular weight is 240 g/mol. The highest BCUT2D eigenvalue weighted by molar-refractivity contribution is 9.10. The Balaban J connectivity index is 2.82.